The quantitative estimate of drug-likeness (QED) is 0.710. The summed E-state index contributed by atoms with van der Waals surface area (Å²) < 4.78 is 28.6. The van der Waals surface area contributed by atoms with E-state index in [0.717, 1.165) is 30.4 Å². The number of rotatable bonds is 7. The van der Waals surface area contributed by atoms with Crippen LogP contribution in [0.3, 0.4) is 0 Å². The summed E-state index contributed by atoms with van der Waals surface area (Å²) >= 11 is 1.55. The van der Waals surface area contributed by atoms with Crippen molar-refractivity contribution in [3.8, 4) is 11.5 Å². The first kappa shape index (κ1) is 18.8. The van der Waals surface area contributed by atoms with Gasteiger partial charge in [0.05, 0.1) is 10.3 Å². The summed E-state index contributed by atoms with van der Waals surface area (Å²) in [7, 11) is -3.22. The lowest BCUT2D eigenvalue weighted by molar-refractivity contribution is -0.152. The standard InChI is InChI=1S/C19H20O5S2/c1-26(22,23)17-9-5-15(6-10-17)24-14-3-7-16(8-4-14)25-13-19(18(20)21)11-2-12-19/h3-10H,2,11-13H2,1H3,(H,20,21). The minimum Gasteiger partial charge on any atom is -0.481 e. The van der Waals surface area contributed by atoms with Crippen LogP contribution in [0.4, 0.5) is 0 Å². The molecule has 1 saturated carbocycles. The number of hydrogen-bond donors (Lipinski definition) is 1. The zero-order valence-electron chi connectivity index (χ0n) is 14.3. The summed E-state index contributed by atoms with van der Waals surface area (Å²) in [6, 6.07) is 13.7. The topological polar surface area (TPSA) is 80.7 Å². The number of benzene rings is 2. The number of aliphatic carboxylic acids is 1. The third kappa shape index (κ3) is 4.22. The molecular formula is C19H20O5S2. The van der Waals surface area contributed by atoms with Crippen molar-refractivity contribution in [3.05, 3.63) is 48.5 Å². The van der Waals surface area contributed by atoms with Crippen LogP contribution in [0.1, 0.15) is 19.3 Å². The van der Waals surface area contributed by atoms with E-state index >= 15 is 0 Å². The number of carbonyl (C=O) groups is 1. The van der Waals surface area contributed by atoms with Gasteiger partial charge in [0.2, 0.25) is 0 Å². The molecule has 1 N–H and O–H groups in total. The van der Waals surface area contributed by atoms with Crippen molar-refractivity contribution in [2.75, 3.05) is 12.0 Å². The van der Waals surface area contributed by atoms with Crippen LogP contribution in [-0.2, 0) is 14.6 Å². The third-order valence-corrected chi connectivity index (χ3v) is 7.02. The molecule has 26 heavy (non-hydrogen) atoms. The van der Waals surface area contributed by atoms with Crippen LogP contribution >= 0.6 is 11.8 Å². The highest BCUT2D eigenvalue weighted by Crippen LogP contribution is 2.45. The fourth-order valence-corrected chi connectivity index (χ4v) is 4.55. The van der Waals surface area contributed by atoms with Crippen molar-refractivity contribution in [1.29, 1.82) is 0 Å². The van der Waals surface area contributed by atoms with E-state index in [0.29, 0.717) is 17.3 Å². The Morgan fingerprint density at radius 1 is 1.08 bits per heavy atom. The van der Waals surface area contributed by atoms with E-state index in [1.165, 1.54) is 12.1 Å². The summed E-state index contributed by atoms with van der Waals surface area (Å²) in [4.78, 5) is 12.6. The fraction of sp³-hybridized carbons (Fsp3) is 0.316. The van der Waals surface area contributed by atoms with Gasteiger partial charge in [0.15, 0.2) is 9.84 Å². The number of hydrogen-bond acceptors (Lipinski definition) is 5. The van der Waals surface area contributed by atoms with Crippen LogP contribution in [-0.4, -0.2) is 31.5 Å². The highest BCUT2D eigenvalue weighted by molar-refractivity contribution is 7.99. The Hall–Kier alpha value is -1.99. The van der Waals surface area contributed by atoms with E-state index in [4.69, 9.17) is 4.74 Å². The molecule has 1 aliphatic rings. The number of thioether (sulfide) groups is 1. The highest BCUT2D eigenvalue weighted by Gasteiger charge is 2.44. The Kier molecular flexibility index (Phi) is 5.29. The van der Waals surface area contributed by atoms with Crippen molar-refractivity contribution in [1.82, 2.24) is 0 Å². The van der Waals surface area contributed by atoms with Gasteiger partial charge in [0, 0.05) is 16.9 Å². The predicted molar refractivity (Wildman–Crippen MR) is 101 cm³/mol. The first-order chi connectivity index (χ1) is 12.3. The maximum absolute atomic E-state index is 11.5. The smallest absolute Gasteiger partial charge is 0.310 e. The Bertz CT molecular complexity index is 883. The first-order valence-electron chi connectivity index (χ1n) is 8.23. The molecule has 0 heterocycles. The van der Waals surface area contributed by atoms with Gasteiger partial charge in [-0.25, -0.2) is 8.42 Å². The average Bonchev–Trinajstić information content (AvgIpc) is 2.55. The second-order valence-corrected chi connectivity index (χ2v) is 9.61. The molecule has 1 fully saturated rings. The molecule has 0 unspecified atom stereocenters. The van der Waals surface area contributed by atoms with Crippen molar-refractivity contribution >= 4 is 27.6 Å². The van der Waals surface area contributed by atoms with E-state index in [2.05, 4.69) is 0 Å². The molecule has 0 atom stereocenters. The van der Waals surface area contributed by atoms with Gasteiger partial charge < -0.3 is 9.84 Å². The molecule has 1 aliphatic carbocycles. The Balaban J connectivity index is 1.60. The number of sulfone groups is 1. The first-order valence-corrected chi connectivity index (χ1v) is 11.1. The van der Waals surface area contributed by atoms with Gasteiger partial charge in [-0.2, -0.15) is 0 Å². The predicted octanol–water partition coefficient (Wildman–Crippen LogP) is 4.23. The summed E-state index contributed by atoms with van der Waals surface area (Å²) in [5.74, 6) is 1.07. The van der Waals surface area contributed by atoms with Gasteiger partial charge in [0.25, 0.3) is 0 Å². The van der Waals surface area contributed by atoms with E-state index in [1.807, 2.05) is 24.3 Å². The zero-order chi connectivity index (χ0) is 18.8. The highest BCUT2D eigenvalue weighted by atomic mass is 32.2. The van der Waals surface area contributed by atoms with E-state index in [-0.39, 0.29) is 4.90 Å². The average molecular weight is 392 g/mol. The second-order valence-electron chi connectivity index (χ2n) is 6.54. The van der Waals surface area contributed by atoms with Gasteiger partial charge in [-0.15, -0.1) is 11.8 Å². The lowest BCUT2D eigenvalue weighted by Crippen LogP contribution is -2.40. The van der Waals surface area contributed by atoms with Crippen molar-refractivity contribution in [2.45, 2.75) is 29.1 Å². The molecular weight excluding hydrogens is 372 g/mol. The summed E-state index contributed by atoms with van der Waals surface area (Å²) in [5, 5.41) is 9.37. The summed E-state index contributed by atoms with van der Waals surface area (Å²) in [6.45, 7) is 0. The summed E-state index contributed by atoms with van der Waals surface area (Å²) in [6.07, 6.45) is 3.65. The van der Waals surface area contributed by atoms with Crippen LogP contribution in [0, 0.1) is 5.41 Å². The van der Waals surface area contributed by atoms with Crippen LogP contribution < -0.4 is 4.74 Å². The maximum Gasteiger partial charge on any atom is 0.310 e. The van der Waals surface area contributed by atoms with Crippen LogP contribution in [0.5, 0.6) is 11.5 Å². The Morgan fingerprint density at radius 2 is 1.62 bits per heavy atom. The lowest BCUT2D eigenvalue weighted by Gasteiger charge is -2.37. The van der Waals surface area contributed by atoms with Gasteiger partial charge in [-0.1, -0.05) is 6.42 Å². The van der Waals surface area contributed by atoms with Crippen LogP contribution in [0.25, 0.3) is 0 Å². The zero-order valence-corrected chi connectivity index (χ0v) is 16.0. The molecule has 0 spiro atoms. The Labute approximate surface area is 157 Å². The SMILES string of the molecule is CS(=O)(=O)c1ccc(Oc2ccc(SCC3(C(=O)O)CCC3)cc2)cc1. The fourth-order valence-electron chi connectivity index (χ4n) is 2.74. The van der Waals surface area contributed by atoms with Gasteiger partial charge in [-0.3, -0.25) is 4.79 Å². The maximum atomic E-state index is 11.5. The van der Waals surface area contributed by atoms with E-state index in [9.17, 15) is 18.3 Å². The minimum absolute atomic E-state index is 0.250. The van der Waals surface area contributed by atoms with Gasteiger partial charge in [0.1, 0.15) is 11.5 Å². The second kappa shape index (κ2) is 7.32. The van der Waals surface area contributed by atoms with E-state index < -0.39 is 21.2 Å². The number of carboxylic acid groups (broad SMARTS) is 1. The van der Waals surface area contributed by atoms with Crippen LogP contribution in [0.2, 0.25) is 0 Å². The van der Waals surface area contributed by atoms with Gasteiger partial charge in [-0.05, 0) is 61.4 Å². The monoisotopic (exact) mass is 392 g/mol. The van der Waals surface area contributed by atoms with Crippen molar-refractivity contribution < 1.29 is 23.1 Å². The van der Waals surface area contributed by atoms with Gasteiger partial charge >= 0.3 is 5.97 Å². The Morgan fingerprint density at radius 3 is 2.04 bits per heavy atom. The number of carboxylic acids is 1. The molecule has 5 nitrogen and oxygen atoms in total. The molecule has 0 aromatic heterocycles. The molecule has 0 bridgehead atoms. The van der Waals surface area contributed by atoms with Crippen molar-refractivity contribution in [3.63, 3.8) is 0 Å². The van der Waals surface area contributed by atoms with Crippen LogP contribution in [0.15, 0.2) is 58.3 Å². The largest absolute Gasteiger partial charge is 0.481 e. The lowest BCUT2D eigenvalue weighted by atomic mass is 9.70. The molecule has 3 rings (SSSR count). The van der Waals surface area contributed by atoms with E-state index in [1.54, 1.807) is 23.9 Å². The number of ether oxygens (including phenoxy) is 1. The molecule has 2 aromatic carbocycles. The molecule has 2 aromatic rings. The third-order valence-electron chi connectivity index (χ3n) is 4.59. The molecule has 0 radical (unpaired) electrons. The summed E-state index contributed by atoms with van der Waals surface area (Å²) in [5.41, 5.74) is -0.568. The molecule has 0 saturated heterocycles. The molecule has 138 valence electrons. The molecule has 0 aliphatic heterocycles. The molecule has 0 amide bonds. The van der Waals surface area contributed by atoms with Crippen molar-refractivity contribution in [2.24, 2.45) is 5.41 Å². The molecule has 7 heteroatoms. The minimum atomic E-state index is -3.22. The normalized spacial score (nSPS) is 15.9.